The van der Waals surface area contributed by atoms with E-state index < -0.39 is 0 Å². The van der Waals surface area contributed by atoms with Gasteiger partial charge in [-0.3, -0.25) is 5.32 Å². The Hall–Kier alpha value is -0.890. The Labute approximate surface area is 107 Å². The van der Waals surface area contributed by atoms with E-state index in [0.717, 1.165) is 9.99 Å². The van der Waals surface area contributed by atoms with Crippen molar-refractivity contribution in [1.29, 1.82) is 0 Å². The van der Waals surface area contributed by atoms with E-state index in [1.807, 2.05) is 6.07 Å². The smallest absolute Gasteiger partial charge is 0.320 e. The molecule has 0 bridgehead atoms. The van der Waals surface area contributed by atoms with Crippen LogP contribution in [0.1, 0.15) is 6.42 Å². The van der Waals surface area contributed by atoms with Crippen molar-refractivity contribution in [3.63, 3.8) is 0 Å². The van der Waals surface area contributed by atoms with E-state index >= 15 is 0 Å². The molecule has 16 heavy (non-hydrogen) atoms. The number of rotatable bonds is 2. The normalized spacial score (nSPS) is 19.4. The molecule has 1 fully saturated rings. The van der Waals surface area contributed by atoms with Crippen LogP contribution >= 0.6 is 22.6 Å². The van der Waals surface area contributed by atoms with Crippen molar-refractivity contribution in [3.05, 3.63) is 21.9 Å². The lowest BCUT2D eigenvalue weighted by atomic mass is 10.3. The minimum absolute atomic E-state index is 0.115. The summed E-state index contributed by atoms with van der Waals surface area (Å²) in [6.45, 7) is 1.31. The highest BCUT2D eigenvalue weighted by molar-refractivity contribution is 14.1. The van der Waals surface area contributed by atoms with Gasteiger partial charge in [0.15, 0.2) is 0 Å². The predicted molar refractivity (Wildman–Crippen MR) is 68.3 cm³/mol. The molecular formula is C10H12IN3O2. The van der Waals surface area contributed by atoms with E-state index in [9.17, 15) is 4.79 Å². The molecule has 1 saturated heterocycles. The Morgan fingerprint density at radius 3 is 3.06 bits per heavy atom. The first-order valence-corrected chi connectivity index (χ1v) is 6.09. The van der Waals surface area contributed by atoms with Crippen LogP contribution in [-0.4, -0.2) is 30.3 Å². The Morgan fingerprint density at radius 1 is 1.56 bits per heavy atom. The summed E-state index contributed by atoms with van der Waals surface area (Å²) in [5.74, 6) is 0.553. The molecule has 2 N–H and O–H groups in total. The molecule has 6 heteroatoms. The number of nitrogens with one attached hydrogen (secondary N) is 2. The van der Waals surface area contributed by atoms with Crippen LogP contribution < -0.4 is 10.6 Å². The van der Waals surface area contributed by atoms with Crippen LogP contribution in [0.4, 0.5) is 10.6 Å². The molecule has 1 aromatic rings. The zero-order valence-corrected chi connectivity index (χ0v) is 10.7. The van der Waals surface area contributed by atoms with Crippen LogP contribution in [0.3, 0.4) is 0 Å². The number of halogens is 1. The number of anilines is 1. The third-order valence-corrected chi connectivity index (χ3v) is 2.87. The molecule has 86 valence electrons. The van der Waals surface area contributed by atoms with Crippen molar-refractivity contribution < 1.29 is 9.53 Å². The maximum absolute atomic E-state index is 11.5. The molecule has 5 nitrogen and oxygen atoms in total. The topological polar surface area (TPSA) is 63.2 Å². The number of pyridine rings is 1. The van der Waals surface area contributed by atoms with Gasteiger partial charge in [0.25, 0.3) is 0 Å². The van der Waals surface area contributed by atoms with Gasteiger partial charge in [-0.25, -0.2) is 9.78 Å². The molecule has 2 heterocycles. The van der Waals surface area contributed by atoms with E-state index in [1.165, 1.54) is 0 Å². The summed E-state index contributed by atoms with van der Waals surface area (Å²) < 4.78 is 6.20. The second-order valence-corrected chi connectivity index (χ2v) is 4.77. The van der Waals surface area contributed by atoms with Gasteiger partial charge in [0.1, 0.15) is 5.82 Å². The van der Waals surface area contributed by atoms with Gasteiger partial charge in [-0.2, -0.15) is 0 Å². The molecular weight excluding hydrogens is 321 g/mol. The van der Waals surface area contributed by atoms with E-state index in [2.05, 4.69) is 38.2 Å². The molecule has 0 aromatic carbocycles. The van der Waals surface area contributed by atoms with Crippen LogP contribution in [0.15, 0.2) is 18.3 Å². The summed E-state index contributed by atoms with van der Waals surface area (Å²) >= 11 is 2.16. The second kappa shape index (κ2) is 5.44. The Kier molecular flexibility index (Phi) is 3.94. The molecule has 1 unspecified atom stereocenters. The first-order chi connectivity index (χ1) is 7.74. The summed E-state index contributed by atoms with van der Waals surface area (Å²) in [7, 11) is 0. The van der Waals surface area contributed by atoms with Crippen molar-refractivity contribution >= 4 is 34.4 Å². The highest BCUT2D eigenvalue weighted by Gasteiger charge is 2.17. The van der Waals surface area contributed by atoms with E-state index in [0.29, 0.717) is 19.0 Å². The molecule has 0 aliphatic carbocycles. The Balaban J connectivity index is 1.84. The van der Waals surface area contributed by atoms with Crippen molar-refractivity contribution in [2.24, 2.45) is 0 Å². The maximum Gasteiger partial charge on any atom is 0.320 e. The van der Waals surface area contributed by atoms with Crippen molar-refractivity contribution in [3.8, 4) is 0 Å². The first kappa shape index (κ1) is 11.6. The van der Waals surface area contributed by atoms with Crippen LogP contribution in [0, 0.1) is 3.57 Å². The number of carbonyl (C=O) groups excluding carboxylic acids is 1. The van der Waals surface area contributed by atoms with E-state index in [-0.39, 0.29) is 12.1 Å². The molecule has 0 spiro atoms. The molecule has 0 saturated carbocycles. The number of nitrogens with zero attached hydrogens (tertiary/aromatic N) is 1. The lowest BCUT2D eigenvalue weighted by molar-refractivity contribution is 0.189. The van der Waals surface area contributed by atoms with Crippen LogP contribution in [-0.2, 0) is 4.74 Å². The summed E-state index contributed by atoms with van der Waals surface area (Å²) in [6.07, 6.45) is 2.57. The lowest BCUT2D eigenvalue weighted by Crippen LogP contribution is -2.38. The van der Waals surface area contributed by atoms with E-state index in [1.54, 1.807) is 12.3 Å². The largest absolute Gasteiger partial charge is 0.379 e. The fourth-order valence-electron chi connectivity index (χ4n) is 1.44. The quantitative estimate of drug-likeness (QED) is 0.808. The van der Waals surface area contributed by atoms with Crippen LogP contribution in [0.5, 0.6) is 0 Å². The van der Waals surface area contributed by atoms with Gasteiger partial charge < -0.3 is 10.1 Å². The van der Waals surface area contributed by atoms with Gasteiger partial charge in [0, 0.05) is 16.4 Å². The van der Waals surface area contributed by atoms with Crippen molar-refractivity contribution in [1.82, 2.24) is 10.3 Å². The average molecular weight is 333 g/mol. The van der Waals surface area contributed by atoms with Crippen LogP contribution in [0.2, 0.25) is 0 Å². The second-order valence-electron chi connectivity index (χ2n) is 3.52. The standard InChI is InChI=1S/C10H12IN3O2/c11-7-1-2-9(12-5-7)14-10(15)13-8-3-4-16-6-8/h1-2,5,8H,3-4,6H2,(H2,12,13,14,15). The molecule has 1 aliphatic rings. The number of carbonyl (C=O) groups is 1. The summed E-state index contributed by atoms with van der Waals surface area (Å²) in [5.41, 5.74) is 0. The van der Waals surface area contributed by atoms with Gasteiger partial charge in [0.05, 0.1) is 12.6 Å². The highest BCUT2D eigenvalue weighted by atomic mass is 127. The molecule has 0 radical (unpaired) electrons. The average Bonchev–Trinajstić information content (AvgIpc) is 2.74. The minimum Gasteiger partial charge on any atom is -0.379 e. The number of hydrogen-bond acceptors (Lipinski definition) is 3. The molecule has 1 aliphatic heterocycles. The minimum atomic E-state index is -0.232. The first-order valence-electron chi connectivity index (χ1n) is 5.01. The van der Waals surface area contributed by atoms with E-state index in [4.69, 9.17) is 4.74 Å². The number of hydrogen-bond donors (Lipinski definition) is 2. The van der Waals surface area contributed by atoms with Gasteiger partial charge in [-0.05, 0) is 41.1 Å². The van der Waals surface area contributed by atoms with Gasteiger partial charge >= 0.3 is 6.03 Å². The summed E-state index contributed by atoms with van der Waals surface area (Å²) in [6, 6.07) is 3.54. The van der Waals surface area contributed by atoms with Gasteiger partial charge in [-0.15, -0.1) is 0 Å². The SMILES string of the molecule is O=C(Nc1ccc(I)cn1)NC1CCOC1. The maximum atomic E-state index is 11.5. The summed E-state index contributed by atoms with van der Waals surface area (Å²) in [4.78, 5) is 15.6. The predicted octanol–water partition coefficient (Wildman–Crippen LogP) is 1.60. The van der Waals surface area contributed by atoms with Crippen molar-refractivity contribution in [2.75, 3.05) is 18.5 Å². The third kappa shape index (κ3) is 3.31. The number of amides is 2. The number of ether oxygens (including phenoxy) is 1. The third-order valence-electron chi connectivity index (χ3n) is 2.23. The highest BCUT2D eigenvalue weighted by Crippen LogP contribution is 2.07. The number of aromatic nitrogens is 1. The van der Waals surface area contributed by atoms with Gasteiger partial charge in [-0.1, -0.05) is 0 Å². The summed E-state index contributed by atoms with van der Waals surface area (Å²) in [5, 5.41) is 5.50. The molecule has 2 amide bonds. The zero-order valence-electron chi connectivity index (χ0n) is 8.57. The van der Waals surface area contributed by atoms with Crippen molar-refractivity contribution in [2.45, 2.75) is 12.5 Å². The molecule has 2 rings (SSSR count). The number of urea groups is 1. The molecule has 1 atom stereocenters. The fourth-order valence-corrected chi connectivity index (χ4v) is 1.75. The lowest BCUT2D eigenvalue weighted by Gasteiger charge is -2.11. The fraction of sp³-hybridized carbons (Fsp3) is 0.400. The Morgan fingerprint density at radius 2 is 2.44 bits per heavy atom. The molecule has 1 aromatic heterocycles. The zero-order chi connectivity index (χ0) is 11.4. The van der Waals surface area contributed by atoms with Gasteiger partial charge in [0.2, 0.25) is 0 Å². The Bertz CT molecular complexity index is 363. The monoisotopic (exact) mass is 333 g/mol. The van der Waals surface area contributed by atoms with Crippen LogP contribution in [0.25, 0.3) is 0 Å².